The lowest BCUT2D eigenvalue weighted by molar-refractivity contribution is 0.113. The molecule has 18 heavy (non-hydrogen) atoms. The molecule has 2 aromatic rings. The summed E-state index contributed by atoms with van der Waals surface area (Å²) in [5, 5.41) is 8.00. The first kappa shape index (κ1) is 11.4. The lowest BCUT2D eigenvalue weighted by Gasteiger charge is -2.13. The van der Waals surface area contributed by atoms with Crippen LogP contribution in [0.1, 0.15) is 30.2 Å². The largest absolute Gasteiger partial charge is 0.374 e. The summed E-state index contributed by atoms with van der Waals surface area (Å²) in [4.78, 5) is 12.0. The number of H-pyrrole nitrogens is 1. The number of hydrogen-bond donors (Lipinski definition) is 2. The summed E-state index contributed by atoms with van der Waals surface area (Å²) in [6.45, 7) is 1.07. The van der Waals surface area contributed by atoms with Gasteiger partial charge in [0.15, 0.2) is 0 Å². The van der Waals surface area contributed by atoms with Gasteiger partial charge in [-0.05, 0) is 18.4 Å². The number of aromatic nitrogens is 2. The first-order valence-corrected chi connectivity index (χ1v) is 6.13. The van der Waals surface area contributed by atoms with E-state index in [0.29, 0.717) is 17.6 Å². The highest BCUT2D eigenvalue weighted by Crippen LogP contribution is 2.32. The minimum Gasteiger partial charge on any atom is -0.374 e. The third-order valence-electron chi connectivity index (χ3n) is 3.40. The number of fused-ring (bicyclic) bond motifs is 1. The van der Waals surface area contributed by atoms with Gasteiger partial charge in [0.2, 0.25) is 0 Å². The Morgan fingerprint density at radius 1 is 1.50 bits per heavy atom. The molecule has 1 aromatic heterocycles. The predicted molar refractivity (Wildman–Crippen MR) is 68.2 cm³/mol. The van der Waals surface area contributed by atoms with E-state index in [9.17, 15) is 4.79 Å². The molecule has 1 aliphatic heterocycles. The van der Waals surface area contributed by atoms with Crippen LogP contribution < -0.4 is 11.3 Å². The smallest absolute Gasteiger partial charge is 0.272 e. The third kappa shape index (κ3) is 1.72. The van der Waals surface area contributed by atoms with E-state index in [4.69, 9.17) is 10.5 Å². The van der Waals surface area contributed by atoms with Crippen molar-refractivity contribution in [1.82, 2.24) is 10.2 Å². The quantitative estimate of drug-likeness (QED) is 0.834. The van der Waals surface area contributed by atoms with Crippen LogP contribution >= 0.6 is 0 Å². The zero-order valence-corrected chi connectivity index (χ0v) is 9.98. The molecule has 5 heteroatoms. The van der Waals surface area contributed by atoms with Crippen molar-refractivity contribution >= 4 is 10.8 Å². The zero-order valence-electron chi connectivity index (χ0n) is 9.98. The van der Waals surface area contributed by atoms with Crippen molar-refractivity contribution in [2.45, 2.75) is 25.5 Å². The molecule has 1 aliphatic rings. The number of nitrogens with zero attached hydrogens (tertiary/aromatic N) is 1. The van der Waals surface area contributed by atoms with Gasteiger partial charge >= 0.3 is 0 Å². The highest BCUT2D eigenvalue weighted by molar-refractivity contribution is 5.86. The molecule has 0 radical (unpaired) electrons. The second-order valence-corrected chi connectivity index (χ2v) is 4.48. The number of benzene rings is 1. The lowest BCUT2D eigenvalue weighted by atomic mass is 9.99. The highest BCUT2D eigenvalue weighted by Gasteiger charge is 2.21. The molecule has 0 amide bonds. The first-order chi connectivity index (χ1) is 8.81. The molecule has 3 rings (SSSR count). The highest BCUT2D eigenvalue weighted by atomic mass is 16.5. The summed E-state index contributed by atoms with van der Waals surface area (Å²) in [5.74, 6) is 0. The van der Waals surface area contributed by atoms with Gasteiger partial charge in [0.25, 0.3) is 5.56 Å². The summed E-state index contributed by atoms with van der Waals surface area (Å²) >= 11 is 0. The van der Waals surface area contributed by atoms with Gasteiger partial charge in [-0.2, -0.15) is 5.10 Å². The Labute approximate surface area is 104 Å². The molecule has 0 aliphatic carbocycles. The molecule has 0 saturated carbocycles. The van der Waals surface area contributed by atoms with E-state index >= 15 is 0 Å². The topological polar surface area (TPSA) is 81.0 Å². The van der Waals surface area contributed by atoms with E-state index in [1.54, 1.807) is 0 Å². The molecule has 0 bridgehead atoms. The van der Waals surface area contributed by atoms with Gasteiger partial charge in [-0.1, -0.05) is 18.2 Å². The Hall–Kier alpha value is -1.72. The Bertz CT molecular complexity index is 630. The molecule has 5 nitrogen and oxygen atoms in total. The van der Waals surface area contributed by atoms with E-state index < -0.39 is 0 Å². The minimum atomic E-state index is -0.173. The predicted octanol–water partition coefficient (Wildman–Crippen LogP) is 1.23. The average Bonchev–Trinajstić information content (AvgIpc) is 2.92. The van der Waals surface area contributed by atoms with Crippen molar-refractivity contribution < 1.29 is 4.74 Å². The molecule has 0 spiro atoms. The van der Waals surface area contributed by atoms with Gasteiger partial charge < -0.3 is 10.5 Å². The Morgan fingerprint density at radius 3 is 3.11 bits per heavy atom. The second-order valence-electron chi connectivity index (χ2n) is 4.48. The Kier molecular flexibility index (Phi) is 2.85. The van der Waals surface area contributed by atoms with Crippen LogP contribution in [0, 0.1) is 0 Å². The second kappa shape index (κ2) is 4.51. The van der Waals surface area contributed by atoms with E-state index in [1.165, 1.54) is 0 Å². The maximum Gasteiger partial charge on any atom is 0.272 e. The molecule has 1 saturated heterocycles. The van der Waals surface area contributed by atoms with Gasteiger partial charge in [0.05, 0.1) is 17.2 Å². The van der Waals surface area contributed by atoms with Crippen LogP contribution in [0.3, 0.4) is 0 Å². The van der Waals surface area contributed by atoms with Crippen LogP contribution in [0.5, 0.6) is 0 Å². The number of ether oxygens (including phenoxy) is 1. The number of hydrogen-bond acceptors (Lipinski definition) is 4. The third-order valence-corrected chi connectivity index (χ3v) is 3.40. The Balaban J connectivity index is 2.29. The maximum absolute atomic E-state index is 12.0. The van der Waals surface area contributed by atoms with E-state index in [1.807, 2.05) is 18.2 Å². The van der Waals surface area contributed by atoms with Gasteiger partial charge in [-0.25, -0.2) is 5.10 Å². The number of aromatic amines is 1. The van der Waals surface area contributed by atoms with Crippen molar-refractivity contribution in [2.24, 2.45) is 5.73 Å². The summed E-state index contributed by atoms with van der Waals surface area (Å²) in [5.41, 5.74) is 7.14. The normalized spacial score (nSPS) is 19.5. The van der Waals surface area contributed by atoms with E-state index in [0.717, 1.165) is 30.4 Å². The molecular formula is C13H15N3O2. The number of nitrogens with two attached hydrogens (primary N) is 1. The Morgan fingerprint density at radius 2 is 2.39 bits per heavy atom. The van der Waals surface area contributed by atoms with E-state index in [2.05, 4.69) is 10.2 Å². The van der Waals surface area contributed by atoms with Crippen LogP contribution in [0.25, 0.3) is 10.8 Å². The number of rotatable bonds is 2. The van der Waals surface area contributed by atoms with Crippen molar-refractivity contribution in [3.05, 3.63) is 39.8 Å². The molecule has 94 valence electrons. The molecule has 2 heterocycles. The summed E-state index contributed by atoms with van der Waals surface area (Å²) < 4.78 is 5.67. The van der Waals surface area contributed by atoms with Gasteiger partial charge in [0.1, 0.15) is 0 Å². The minimum absolute atomic E-state index is 0.0165. The van der Waals surface area contributed by atoms with Crippen LogP contribution in [0.4, 0.5) is 0 Å². The van der Waals surface area contributed by atoms with Gasteiger partial charge in [-0.3, -0.25) is 4.79 Å². The average molecular weight is 245 g/mol. The van der Waals surface area contributed by atoms with Crippen LogP contribution in [-0.4, -0.2) is 16.8 Å². The molecule has 3 N–H and O–H groups in total. The van der Waals surface area contributed by atoms with Crippen molar-refractivity contribution in [1.29, 1.82) is 0 Å². The monoisotopic (exact) mass is 245 g/mol. The van der Waals surface area contributed by atoms with Gasteiger partial charge in [-0.15, -0.1) is 0 Å². The van der Waals surface area contributed by atoms with E-state index in [-0.39, 0.29) is 11.7 Å². The fourth-order valence-electron chi connectivity index (χ4n) is 2.55. The van der Waals surface area contributed by atoms with Crippen LogP contribution in [-0.2, 0) is 11.3 Å². The van der Waals surface area contributed by atoms with Gasteiger partial charge in [0, 0.05) is 18.5 Å². The summed E-state index contributed by atoms with van der Waals surface area (Å²) in [7, 11) is 0. The molecule has 1 atom stereocenters. The molecule has 1 fully saturated rings. The fraction of sp³-hybridized carbons (Fsp3) is 0.385. The van der Waals surface area contributed by atoms with Crippen LogP contribution in [0.2, 0.25) is 0 Å². The molecular weight excluding hydrogens is 230 g/mol. The summed E-state index contributed by atoms with van der Waals surface area (Å²) in [6, 6.07) is 5.77. The number of nitrogens with one attached hydrogen (secondary N) is 1. The fourth-order valence-corrected chi connectivity index (χ4v) is 2.55. The lowest BCUT2D eigenvalue weighted by Crippen LogP contribution is -2.15. The van der Waals surface area contributed by atoms with Crippen molar-refractivity contribution in [3.63, 3.8) is 0 Å². The summed E-state index contributed by atoms with van der Waals surface area (Å²) in [6.07, 6.45) is 2.01. The molecule has 1 unspecified atom stereocenters. The molecule has 1 aromatic carbocycles. The SMILES string of the molecule is NCc1n[nH]c(=O)c2c(C3CCCO3)cccc12. The van der Waals surface area contributed by atoms with Crippen LogP contribution in [0.15, 0.2) is 23.0 Å². The van der Waals surface area contributed by atoms with Crippen molar-refractivity contribution in [2.75, 3.05) is 6.61 Å². The standard InChI is InChI=1S/C13H15N3O2/c14-7-10-8-3-1-4-9(11-5-2-6-18-11)12(8)13(17)16-15-10/h1,3-4,11H,2,5-7,14H2,(H,16,17). The maximum atomic E-state index is 12.0. The zero-order chi connectivity index (χ0) is 12.5. The van der Waals surface area contributed by atoms with Crippen molar-refractivity contribution in [3.8, 4) is 0 Å². The first-order valence-electron chi connectivity index (χ1n) is 6.13.